The number of nitrogens with zero attached hydrogens (tertiary/aromatic N) is 2. The van der Waals surface area contributed by atoms with Gasteiger partial charge in [0.25, 0.3) is 0 Å². The molecule has 0 aliphatic rings. The van der Waals surface area contributed by atoms with Crippen molar-refractivity contribution in [2.75, 3.05) is 0 Å². The normalized spacial score (nSPS) is 8.45. The highest BCUT2D eigenvalue weighted by atomic mass is 79.9. The lowest BCUT2D eigenvalue weighted by atomic mass is 10.4. The molecular formula is C5H4BrClN2O2. The van der Waals surface area contributed by atoms with Crippen molar-refractivity contribution >= 4 is 34.3 Å². The van der Waals surface area contributed by atoms with Gasteiger partial charge in [0.1, 0.15) is 0 Å². The molecule has 0 fully saturated rings. The van der Waals surface area contributed by atoms with Gasteiger partial charge in [-0.05, 0) is 15.9 Å². The molecule has 1 N–H and O–H groups in total. The van der Waals surface area contributed by atoms with Crippen molar-refractivity contribution in [3.05, 3.63) is 22.7 Å². The highest BCUT2D eigenvalue weighted by Crippen LogP contribution is 2.00. The third-order valence-corrected chi connectivity index (χ3v) is 1.28. The van der Waals surface area contributed by atoms with E-state index < -0.39 is 5.97 Å². The van der Waals surface area contributed by atoms with Gasteiger partial charge in [-0.1, -0.05) is 0 Å². The lowest BCUT2D eigenvalue weighted by molar-refractivity contribution is 0.0696. The quantitative estimate of drug-likeness (QED) is 0.752. The zero-order valence-corrected chi connectivity index (χ0v) is 7.59. The highest BCUT2D eigenvalue weighted by molar-refractivity contribution is 9.10. The monoisotopic (exact) mass is 238 g/mol. The molecule has 0 saturated carbocycles. The molecule has 60 valence electrons. The minimum atomic E-state index is -1.02. The molecule has 0 aliphatic heterocycles. The van der Waals surface area contributed by atoms with Crippen LogP contribution in [-0.2, 0) is 0 Å². The van der Waals surface area contributed by atoms with Crippen molar-refractivity contribution < 1.29 is 9.90 Å². The van der Waals surface area contributed by atoms with E-state index in [9.17, 15) is 4.79 Å². The standard InChI is InChI=1S/C5H3BrN2O2.ClH/c6-5-7-1-3(2-8-5)4(9)10;/h1-2H,(H,9,10);1H. The molecule has 11 heavy (non-hydrogen) atoms. The zero-order valence-electron chi connectivity index (χ0n) is 5.19. The van der Waals surface area contributed by atoms with E-state index in [4.69, 9.17) is 5.11 Å². The number of carboxylic acids is 1. The van der Waals surface area contributed by atoms with E-state index in [0.29, 0.717) is 4.73 Å². The number of halogens is 2. The molecule has 0 aliphatic carbocycles. The van der Waals surface area contributed by atoms with Gasteiger partial charge in [-0.15, -0.1) is 12.4 Å². The molecule has 0 radical (unpaired) electrons. The first-order chi connectivity index (χ1) is 4.70. The van der Waals surface area contributed by atoms with Gasteiger partial charge in [0.15, 0.2) is 4.73 Å². The van der Waals surface area contributed by atoms with Crippen LogP contribution >= 0.6 is 28.3 Å². The number of rotatable bonds is 1. The van der Waals surface area contributed by atoms with Crippen molar-refractivity contribution in [2.24, 2.45) is 0 Å². The second kappa shape index (κ2) is 4.25. The Morgan fingerprint density at radius 2 is 1.91 bits per heavy atom. The smallest absolute Gasteiger partial charge is 0.338 e. The Morgan fingerprint density at radius 1 is 1.45 bits per heavy atom. The van der Waals surface area contributed by atoms with Crippen LogP contribution in [0.3, 0.4) is 0 Å². The summed E-state index contributed by atoms with van der Waals surface area (Å²) < 4.78 is 0.387. The number of aromatic carboxylic acids is 1. The second-order valence-corrected chi connectivity index (χ2v) is 2.26. The largest absolute Gasteiger partial charge is 0.478 e. The summed E-state index contributed by atoms with van der Waals surface area (Å²) in [4.78, 5) is 17.5. The van der Waals surface area contributed by atoms with E-state index in [0.717, 1.165) is 0 Å². The Bertz CT molecular complexity index is 251. The van der Waals surface area contributed by atoms with Crippen molar-refractivity contribution in [1.82, 2.24) is 9.97 Å². The van der Waals surface area contributed by atoms with Crippen molar-refractivity contribution in [3.8, 4) is 0 Å². The average Bonchev–Trinajstić information content (AvgIpc) is 1.88. The van der Waals surface area contributed by atoms with Crippen molar-refractivity contribution in [2.45, 2.75) is 0 Å². The summed E-state index contributed by atoms with van der Waals surface area (Å²) in [5, 5.41) is 8.38. The molecule has 0 saturated heterocycles. The molecule has 0 atom stereocenters. The fourth-order valence-electron chi connectivity index (χ4n) is 0.423. The first-order valence-corrected chi connectivity index (χ1v) is 3.20. The summed E-state index contributed by atoms with van der Waals surface area (Å²) in [6, 6.07) is 0. The third kappa shape index (κ3) is 2.81. The van der Waals surface area contributed by atoms with Crippen LogP contribution in [0, 0.1) is 0 Å². The number of aromatic nitrogens is 2. The Labute approximate surface area is 77.2 Å². The molecule has 0 bridgehead atoms. The number of hydrogen-bond acceptors (Lipinski definition) is 3. The van der Waals surface area contributed by atoms with Crippen molar-refractivity contribution in [3.63, 3.8) is 0 Å². The molecule has 1 rings (SSSR count). The minimum Gasteiger partial charge on any atom is -0.478 e. The lowest BCUT2D eigenvalue weighted by Gasteiger charge is -1.90. The van der Waals surface area contributed by atoms with Crippen LogP contribution in [0.4, 0.5) is 0 Å². The third-order valence-electron chi connectivity index (χ3n) is 0.867. The minimum absolute atomic E-state index is 0. The average molecular weight is 239 g/mol. The summed E-state index contributed by atoms with van der Waals surface area (Å²) in [6.45, 7) is 0. The predicted octanol–water partition coefficient (Wildman–Crippen LogP) is 1.36. The van der Waals surface area contributed by atoms with E-state index in [-0.39, 0.29) is 18.0 Å². The molecule has 0 aromatic carbocycles. The molecular weight excluding hydrogens is 235 g/mol. The summed E-state index contributed by atoms with van der Waals surface area (Å²) in [5.74, 6) is -1.02. The highest BCUT2D eigenvalue weighted by Gasteiger charge is 2.01. The summed E-state index contributed by atoms with van der Waals surface area (Å²) in [7, 11) is 0. The maximum atomic E-state index is 10.2. The molecule has 4 nitrogen and oxygen atoms in total. The number of hydrogen-bond donors (Lipinski definition) is 1. The van der Waals surface area contributed by atoms with Crippen LogP contribution in [0.15, 0.2) is 17.1 Å². The SMILES string of the molecule is Cl.O=C(O)c1cnc(Br)nc1. The first-order valence-electron chi connectivity index (χ1n) is 2.41. The molecule has 0 spiro atoms. The van der Waals surface area contributed by atoms with Crippen LogP contribution in [0.5, 0.6) is 0 Å². The number of carboxylic acid groups (broad SMARTS) is 1. The fraction of sp³-hybridized carbons (Fsp3) is 0. The van der Waals surface area contributed by atoms with Crippen LogP contribution in [-0.4, -0.2) is 21.0 Å². The molecule has 1 heterocycles. The van der Waals surface area contributed by atoms with Gasteiger partial charge in [0.2, 0.25) is 0 Å². The van der Waals surface area contributed by atoms with E-state index in [1.165, 1.54) is 12.4 Å². The molecule has 1 aromatic heterocycles. The van der Waals surface area contributed by atoms with Gasteiger partial charge in [-0.25, -0.2) is 14.8 Å². The van der Waals surface area contributed by atoms with Gasteiger partial charge in [-0.3, -0.25) is 0 Å². The summed E-state index contributed by atoms with van der Waals surface area (Å²) >= 11 is 2.98. The first kappa shape index (κ1) is 10.3. The lowest BCUT2D eigenvalue weighted by Crippen LogP contribution is -1.97. The van der Waals surface area contributed by atoms with Gasteiger partial charge >= 0.3 is 5.97 Å². The zero-order chi connectivity index (χ0) is 7.56. The molecule has 0 amide bonds. The van der Waals surface area contributed by atoms with E-state index in [1.54, 1.807) is 0 Å². The second-order valence-electron chi connectivity index (χ2n) is 1.55. The Balaban J connectivity index is 0.000001000. The number of carbonyl (C=O) groups is 1. The van der Waals surface area contributed by atoms with E-state index in [1.807, 2.05) is 0 Å². The maximum absolute atomic E-state index is 10.2. The van der Waals surface area contributed by atoms with Gasteiger partial charge < -0.3 is 5.11 Å². The molecule has 1 aromatic rings. The van der Waals surface area contributed by atoms with E-state index in [2.05, 4.69) is 25.9 Å². The summed E-state index contributed by atoms with van der Waals surface area (Å²) in [5.41, 5.74) is 0.0863. The Morgan fingerprint density at radius 3 is 2.27 bits per heavy atom. The van der Waals surface area contributed by atoms with Gasteiger partial charge in [-0.2, -0.15) is 0 Å². The Kier molecular flexibility index (Phi) is 3.99. The van der Waals surface area contributed by atoms with Crippen LogP contribution in [0.2, 0.25) is 0 Å². The van der Waals surface area contributed by atoms with Crippen LogP contribution < -0.4 is 0 Å². The molecule has 6 heteroatoms. The van der Waals surface area contributed by atoms with Crippen molar-refractivity contribution in [1.29, 1.82) is 0 Å². The van der Waals surface area contributed by atoms with Crippen LogP contribution in [0.1, 0.15) is 10.4 Å². The fourth-order valence-corrected chi connectivity index (χ4v) is 0.627. The van der Waals surface area contributed by atoms with Gasteiger partial charge in [0.05, 0.1) is 5.56 Å². The predicted molar refractivity (Wildman–Crippen MR) is 43.9 cm³/mol. The van der Waals surface area contributed by atoms with Crippen LogP contribution in [0.25, 0.3) is 0 Å². The maximum Gasteiger partial charge on any atom is 0.338 e. The summed E-state index contributed by atoms with van der Waals surface area (Å²) in [6.07, 6.45) is 2.47. The Hall–Kier alpha value is -0.680. The molecule has 0 unspecified atom stereocenters. The van der Waals surface area contributed by atoms with E-state index >= 15 is 0 Å². The topological polar surface area (TPSA) is 63.1 Å². The van der Waals surface area contributed by atoms with Gasteiger partial charge in [0, 0.05) is 12.4 Å².